The molecule has 1 aromatic carbocycles. The summed E-state index contributed by atoms with van der Waals surface area (Å²) in [5, 5.41) is 0.557. The monoisotopic (exact) mass is 359 g/mol. The maximum Gasteiger partial charge on any atom is 0.262 e. The van der Waals surface area contributed by atoms with Gasteiger partial charge < -0.3 is 9.88 Å². The van der Waals surface area contributed by atoms with Crippen LogP contribution in [0.2, 0.25) is 0 Å². The van der Waals surface area contributed by atoms with Gasteiger partial charge in [-0.05, 0) is 68.9 Å². The Morgan fingerprint density at radius 1 is 1.32 bits per heavy atom. The first-order valence-electron chi connectivity index (χ1n) is 8.96. The van der Waals surface area contributed by atoms with Gasteiger partial charge in [-0.2, -0.15) is 0 Å². The molecule has 1 amide bonds. The van der Waals surface area contributed by atoms with E-state index >= 15 is 0 Å². The van der Waals surface area contributed by atoms with Crippen molar-refractivity contribution in [3.05, 3.63) is 38.9 Å². The van der Waals surface area contributed by atoms with Gasteiger partial charge in [0.1, 0.15) is 0 Å². The highest BCUT2D eigenvalue weighted by Gasteiger charge is 2.25. The predicted molar refractivity (Wildman–Crippen MR) is 103 cm³/mol. The normalized spacial score (nSPS) is 20.6. The zero-order chi connectivity index (χ0) is 18.1. The summed E-state index contributed by atoms with van der Waals surface area (Å²) in [6.45, 7) is 4.68. The molecule has 5 nitrogen and oxygen atoms in total. The molecule has 0 bridgehead atoms. The number of hydrogen-bond acceptors (Lipinski definition) is 3. The fourth-order valence-electron chi connectivity index (χ4n) is 3.67. The largest absolute Gasteiger partial charge is 0.339 e. The highest BCUT2D eigenvalue weighted by atomic mass is 32.1. The minimum absolute atomic E-state index is 0.000409. The van der Waals surface area contributed by atoms with Gasteiger partial charge >= 0.3 is 0 Å². The zero-order valence-corrected chi connectivity index (χ0v) is 15.9. The quantitative estimate of drug-likeness (QED) is 0.850. The number of amides is 1. The highest BCUT2D eigenvalue weighted by Crippen LogP contribution is 2.27. The number of benzene rings is 1. The molecule has 0 saturated heterocycles. The van der Waals surface area contributed by atoms with Crippen LogP contribution in [0, 0.1) is 10.7 Å². The van der Waals surface area contributed by atoms with Gasteiger partial charge in [0.15, 0.2) is 4.77 Å². The first-order chi connectivity index (χ1) is 11.9. The van der Waals surface area contributed by atoms with Gasteiger partial charge in [-0.1, -0.05) is 6.92 Å². The van der Waals surface area contributed by atoms with Crippen LogP contribution in [0.1, 0.15) is 49.9 Å². The minimum Gasteiger partial charge on any atom is -0.339 e. The third kappa shape index (κ3) is 3.40. The van der Waals surface area contributed by atoms with E-state index in [0.29, 0.717) is 33.8 Å². The van der Waals surface area contributed by atoms with Crippen molar-refractivity contribution in [1.82, 2.24) is 14.5 Å². The average Bonchev–Trinajstić information content (AvgIpc) is 2.61. The molecule has 1 saturated carbocycles. The summed E-state index contributed by atoms with van der Waals surface area (Å²) in [7, 11) is 1.88. The lowest BCUT2D eigenvalue weighted by atomic mass is 9.86. The first-order valence-corrected chi connectivity index (χ1v) is 9.37. The van der Waals surface area contributed by atoms with E-state index in [1.807, 2.05) is 18.9 Å². The lowest BCUT2D eigenvalue weighted by Crippen LogP contribution is -2.39. The summed E-state index contributed by atoms with van der Waals surface area (Å²) in [4.78, 5) is 30.3. The second kappa shape index (κ2) is 7.12. The molecule has 1 heterocycles. The molecule has 1 N–H and O–H groups in total. The van der Waals surface area contributed by atoms with Crippen LogP contribution in [0.15, 0.2) is 23.0 Å². The summed E-state index contributed by atoms with van der Waals surface area (Å²) in [6.07, 6.45) is 4.45. The lowest BCUT2D eigenvalue weighted by molar-refractivity contribution is 0.0679. The molecule has 3 rings (SSSR count). The molecule has 2 aromatic rings. The molecule has 0 unspecified atom stereocenters. The summed E-state index contributed by atoms with van der Waals surface area (Å²) in [5.41, 5.74) is 1.10. The van der Waals surface area contributed by atoms with Gasteiger partial charge in [0.25, 0.3) is 11.5 Å². The van der Waals surface area contributed by atoms with Crippen molar-refractivity contribution in [1.29, 1.82) is 0 Å². The van der Waals surface area contributed by atoms with Gasteiger partial charge in [0.05, 0.1) is 10.9 Å². The van der Waals surface area contributed by atoms with E-state index in [0.717, 1.165) is 18.8 Å². The molecule has 1 aliphatic rings. The molecule has 1 fully saturated rings. The molecule has 1 aliphatic carbocycles. The van der Waals surface area contributed by atoms with Crippen LogP contribution >= 0.6 is 12.2 Å². The van der Waals surface area contributed by atoms with Crippen LogP contribution in [0.4, 0.5) is 0 Å². The Kier molecular flexibility index (Phi) is 5.08. The van der Waals surface area contributed by atoms with Crippen molar-refractivity contribution in [3.63, 3.8) is 0 Å². The van der Waals surface area contributed by atoms with Crippen LogP contribution in [-0.4, -0.2) is 33.4 Å². The van der Waals surface area contributed by atoms with Crippen molar-refractivity contribution in [3.8, 4) is 0 Å². The molecule has 0 atom stereocenters. The molecule has 0 spiro atoms. The fourth-order valence-corrected chi connectivity index (χ4v) is 4.00. The van der Waals surface area contributed by atoms with Gasteiger partial charge in [0, 0.05) is 25.2 Å². The van der Waals surface area contributed by atoms with E-state index < -0.39 is 0 Å². The maximum atomic E-state index is 12.9. The van der Waals surface area contributed by atoms with Crippen LogP contribution < -0.4 is 5.56 Å². The number of carbonyl (C=O) groups excluding carboxylic acids is 1. The van der Waals surface area contributed by atoms with Gasteiger partial charge in [-0.25, -0.2) is 0 Å². The number of carbonyl (C=O) groups is 1. The molecule has 0 aliphatic heterocycles. The molecule has 1 aromatic heterocycles. The lowest BCUT2D eigenvalue weighted by Gasteiger charge is -2.33. The Bertz CT molecular complexity index is 907. The van der Waals surface area contributed by atoms with Crippen LogP contribution in [0.3, 0.4) is 0 Å². The third-order valence-corrected chi connectivity index (χ3v) is 5.72. The summed E-state index contributed by atoms with van der Waals surface area (Å²) < 4.78 is 1.91. The Labute approximate surface area is 152 Å². The minimum atomic E-state index is -0.116. The Morgan fingerprint density at radius 2 is 2.00 bits per heavy atom. The Balaban J connectivity index is 1.92. The number of aromatic amines is 1. The molecule has 25 heavy (non-hydrogen) atoms. The van der Waals surface area contributed by atoms with Crippen molar-refractivity contribution < 1.29 is 4.79 Å². The van der Waals surface area contributed by atoms with Crippen LogP contribution in [0.25, 0.3) is 10.9 Å². The van der Waals surface area contributed by atoms with Crippen molar-refractivity contribution in [2.75, 3.05) is 7.05 Å². The van der Waals surface area contributed by atoms with Crippen LogP contribution in [-0.2, 0) is 6.54 Å². The molecule has 6 heteroatoms. The SMILES string of the molecule is CCn1c(=S)[nH]c2cc(C(=O)N(C)C3CCC(C)CC3)ccc2c1=O. The maximum absolute atomic E-state index is 12.9. The van der Waals surface area contributed by atoms with Gasteiger partial charge in [-0.15, -0.1) is 0 Å². The van der Waals surface area contributed by atoms with E-state index in [1.54, 1.807) is 18.2 Å². The summed E-state index contributed by atoms with van der Waals surface area (Å²) >= 11 is 5.25. The van der Waals surface area contributed by atoms with E-state index in [1.165, 1.54) is 17.4 Å². The number of nitrogens with one attached hydrogen (secondary N) is 1. The molecular weight excluding hydrogens is 334 g/mol. The topological polar surface area (TPSA) is 58.1 Å². The summed E-state index contributed by atoms with van der Waals surface area (Å²) in [5.74, 6) is 0.752. The van der Waals surface area contributed by atoms with E-state index in [2.05, 4.69) is 11.9 Å². The zero-order valence-electron chi connectivity index (χ0n) is 15.0. The van der Waals surface area contributed by atoms with E-state index in [4.69, 9.17) is 12.2 Å². The Morgan fingerprint density at radius 3 is 2.64 bits per heavy atom. The molecule has 134 valence electrons. The second-order valence-electron chi connectivity index (χ2n) is 7.07. The summed E-state index contributed by atoms with van der Waals surface area (Å²) in [6, 6.07) is 5.51. The predicted octanol–water partition coefficient (Wildman–Crippen LogP) is 3.73. The standard InChI is InChI=1S/C19H25N3O2S/c1-4-22-18(24)15-10-7-13(11-16(15)20-19(22)25)17(23)21(3)14-8-5-12(2)6-9-14/h7,10-12,14H,4-6,8-9H2,1-3H3,(H,20,25). The first kappa shape index (κ1) is 17.9. The molecular formula is C19H25N3O2S. The fraction of sp³-hybridized carbons (Fsp3) is 0.526. The van der Waals surface area contributed by atoms with Crippen molar-refractivity contribution in [2.24, 2.45) is 5.92 Å². The number of nitrogens with zero attached hydrogens (tertiary/aromatic N) is 2. The Hall–Kier alpha value is -1.95. The average molecular weight is 359 g/mol. The van der Waals surface area contributed by atoms with E-state index in [-0.39, 0.29) is 11.5 Å². The number of aromatic nitrogens is 2. The van der Waals surface area contributed by atoms with Crippen molar-refractivity contribution in [2.45, 2.75) is 52.1 Å². The highest BCUT2D eigenvalue weighted by molar-refractivity contribution is 7.71. The van der Waals surface area contributed by atoms with Gasteiger partial charge in [0.2, 0.25) is 0 Å². The number of H-pyrrole nitrogens is 1. The number of hydrogen-bond donors (Lipinski definition) is 1. The number of fused-ring (bicyclic) bond motifs is 1. The number of rotatable bonds is 3. The third-order valence-electron chi connectivity index (χ3n) is 5.40. The smallest absolute Gasteiger partial charge is 0.262 e. The van der Waals surface area contributed by atoms with Crippen molar-refractivity contribution >= 4 is 29.0 Å². The van der Waals surface area contributed by atoms with Gasteiger partial charge in [-0.3, -0.25) is 14.2 Å². The van der Waals surface area contributed by atoms with Crippen LogP contribution in [0.5, 0.6) is 0 Å². The van der Waals surface area contributed by atoms with E-state index in [9.17, 15) is 9.59 Å². The second-order valence-corrected chi connectivity index (χ2v) is 7.46. The molecule has 0 radical (unpaired) electrons.